The summed E-state index contributed by atoms with van der Waals surface area (Å²) in [6.07, 6.45) is 3.19. The van der Waals surface area contributed by atoms with Crippen molar-refractivity contribution in [1.29, 1.82) is 0 Å². The Labute approximate surface area is 122 Å². The second-order valence-electron chi connectivity index (χ2n) is 5.51. The minimum absolute atomic E-state index is 0.0711. The molecule has 0 spiro atoms. The van der Waals surface area contributed by atoms with Gasteiger partial charge in [-0.1, -0.05) is 6.07 Å². The van der Waals surface area contributed by atoms with Gasteiger partial charge in [0.1, 0.15) is 5.65 Å². The predicted molar refractivity (Wildman–Crippen MR) is 79.0 cm³/mol. The molecule has 1 aliphatic heterocycles. The van der Waals surface area contributed by atoms with Crippen LogP contribution in [-0.2, 0) is 11.3 Å². The van der Waals surface area contributed by atoms with Crippen LogP contribution < -0.4 is 10.9 Å². The number of carbonyl (C=O) groups is 1. The van der Waals surface area contributed by atoms with Gasteiger partial charge in [-0.2, -0.15) is 0 Å². The zero-order chi connectivity index (χ0) is 14.8. The number of pyridine rings is 1. The van der Waals surface area contributed by atoms with Gasteiger partial charge in [-0.05, 0) is 25.6 Å². The van der Waals surface area contributed by atoms with Crippen LogP contribution in [0.4, 0.5) is 0 Å². The molecule has 110 valence electrons. The summed E-state index contributed by atoms with van der Waals surface area (Å²) in [5.41, 5.74) is 1.33. The van der Waals surface area contributed by atoms with E-state index in [1.165, 1.54) is 4.40 Å². The Kier molecular flexibility index (Phi) is 3.70. The number of rotatable bonds is 4. The van der Waals surface area contributed by atoms with Gasteiger partial charge < -0.3 is 5.32 Å². The van der Waals surface area contributed by atoms with E-state index in [0.717, 1.165) is 18.7 Å². The van der Waals surface area contributed by atoms with Crippen LogP contribution in [0.25, 0.3) is 5.65 Å². The van der Waals surface area contributed by atoms with Crippen molar-refractivity contribution < 1.29 is 4.79 Å². The van der Waals surface area contributed by atoms with Crippen molar-refractivity contribution >= 4 is 11.6 Å². The van der Waals surface area contributed by atoms with E-state index in [1.807, 2.05) is 25.2 Å². The highest BCUT2D eigenvalue weighted by Crippen LogP contribution is 2.09. The van der Waals surface area contributed by atoms with Crippen molar-refractivity contribution in [2.45, 2.75) is 25.4 Å². The van der Waals surface area contributed by atoms with Crippen molar-refractivity contribution in [3.63, 3.8) is 0 Å². The van der Waals surface area contributed by atoms with Gasteiger partial charge in [0.25, 0.3) is 5.56 Å². The number of nitrogens with zero attached hydrogens (tertiary/aromatic N) is 3. The van der Waals surface area contributed by atoms with Crippen LogP contribution >= 0.6 is 0 Å². The number of aromatic nitrogens is 2. The molecule has 0 bridgehead atoms. The maximum Gasteiger partial charge on any atom is 0.258 e. The highest BCUT2D eigenvalue weighted by Gasteiger charge is 2.21. The van der Waals surface area contributed by atoms with Gasteiger partial charge in [0.05, 0.1) is 5.69 Å². The minimum atomic E-state index is -0.0711. The molecule has 3 rings (SSSR count). The maximum atomic E-state index is 12.0. The lowest BCUT2D eigenvalue weighted by Crippen LogP contribution is -2.36. The molecular weight excluding hydrogens is 268 g/mol. The van der Waals surface area contributed by atoms with Crippen LogP contribution in [0.5, 0.6) is 0 Å². The molecule has 21 heavy (non-hydrogen) atoms. The van der Waals surface area contributed by atoms with E-state index in [1.54, 1.807) is 12.3 Å². The van der Waals surface area contributed by atoms with Crippen LogP contribution in [0, 0.1) is 0 Å². The Hall–Kier alpha value is -2.21. The van der Waals surface area contributed by atoms with Gasteiger partial charge in [-0.15, -0.1) is 0 Å². The van der Waals surface area contributed by atoms with Crippen LogP contribution in [0.2, 0.25) is 0 Å². The molecule has 1 saturated heterocycles. The average Bonchev–Trinajstić information content (AvgIpc) is 2.84. The monoisotopic (exact) mass is 286 g/mol. The maximum absolute atomic E-state index is 12.0. The molecule has 6 heteroatoms. The quantitative estimate of drug-likeness (QED) is 0.884. The molecular formula is C15H18N4O2. The zero-order valence-corrected chi connectivity index (χ0v) is 12.0. The molecule has 0 aliphatic carbocycles. The van der Waals surface area contributed by atoms with Crippen molar-refractivity contribution in [3.8, 4) is 0 Å². The van der Waals surface area contributed by atoms with E-state index in [0.29, 0.717) is 18.6 Å². The summed E-state index contributed by atoms with van der Waals surface area (Å²) >= 11 is 0. The molecule has 1 aliphatic rings. The summed E-state index contributed by atoms with van der Waals surface area (Å²) < 4.78 is 1.53. The summed E-state index contributed by atoms with van der Waals surface area (Å²) in [7, 11) is 1.97. The highest BCUT2D eigenvalue weighted by atomic mass is 16.2. The summed E-state index contributed by atoms with van der Waals surface area (Å²) in [4.78, 5) is 29.8. The summed E-state index contributed by atoms with van der Waals surface area (Å²) in [6, 6.07) is 7.26. The van der Waals surface area contributed by atoms with Gasteiger partial charge >= 0.3 is 0 Å². The second kappa shape index (κ2) is 5.65. The summed E-state index contributed by atoms with van der Waals surface area (Å²) in [5, 5.41) is 2.94. The number of amides is 1. The zero-order valence-electron chi connectivity index (χ0n) is 12.0. The minimum Gasteiger partial charge on any atom is -0.352 e. The Morgan fingerprint density at radius 1 is 1.43 bits per heavy atom. The first-order chi connectivity index (χ1) is 10.1. The van der Waals surface area contributed by atoms with E-state index in [9.17, 15) is 9.59 Å². The topological polar surface area (TPSA) is 66.7 Å². The number of carbonyl (C=O) groups excluding carboxylic acids is 1. The summed E-state index contributed by atoms with van der Waals surface area (Å²) in [6.45, 7) is 1.36. The fourth-order valence-electron chi connectivity index (χ4n) is 2.72. The number of nitrogens with one attached hydrogen (secondary N) is 1. The van der Waals surface area contributed by atoms with Gasteiger partial charge in [0.2, 0.25) is 5.91 Å². The number of hydrogen-bond acceptors (Lipinski definition) is 4. The molecule has 6 nitrogen and oxygen atoms in total. The van der Waals surface area contributed by atoms with E-state index in [4.69, 9.17) is 0 Å². The highest BCUT2D eigenvalue weighted by molar-refractivity contribution is 5.78. The fourth-order valence-corrected chi connectivity index (χ4v) is 2.72. The molecule has 1 fully saturated rings. The van der Waals surface area contributed by atoms with Crippen LogP contribution in [0.1, 0.15) is 18.5 Å². The standard InChI is InChI=1S/C15H18N4O2/c1-18(9-11-5-6-14(20)17-11)10-12-8-15(21)19-7-3-2-4-13(19)16-12/h2-4,7-8,11H,5-6,9-10H2,1H3,(H,17,20)/t11-/m0/s1. The van der Waals surface area contributed by atoms with E-state index < -0.39 is 0 Å². The van der Waals surface area contributed by atoms with Crippen LogP contribution in [0.3, 0.4) is 0 Å². The molecule has 0 radical (unpaired) electrons. The molecule has 3 heterocycles. The third kappa shape index (κ3) is 3.11. The first-order valence-electron chi connectivity index (χ1n) is 7.07. The molecule has 0 aromatic carbocycles. The Morgan fingerprint density at radius 3 is 3.05 bits per heavy atom. The fraction of sp³-hybridized carbons (Fsp3) is 0.400. The van der Waals surface area contributed by atoms with Crippen LogP contribution in [0.15, 0.2) is 35.3 Å². The predicted octanol–water partition coefficient (Wildman–Crippen LogP) is 0.405. The molecule has 2 aromatic rings. The SMILES string of the molecule is CN(Cc1cc(=O)n2ccccc2n1)C[C@@H]1CCC(=O)N1. The number of hydrogen-bond donors (Lipinski definition) is 1. The van der Waals surface area contributed by atoms with Crippen molar-refractivity contribution in [1.82, 2.24) is 19.6 Å². The molecule has 1 atom stereocenters. The summed E-state index contributed by atoms with van der Waals surface area (Å²) in [5.74, 6) is 0.121. The molecule has 0 saturated carbocycles. The number of fused-ring (bicyclic) bond motifs is 1. The lowest BCUT2D eigenvalue weighted by molar-refractivity contribution is -0.119. The third-order valence-corrected chi connectivity index (χ3v) is 3.67. The van der Waals surface area contributed by atoms with Gasteiger partial charge in [0, 0.05) is 37.8 Å². The lowest BCUT2D eigenvalue weighted by Gasteiger charge is -2.20. The van der Waals surface area contributed by atoms with E-state index in [2.05, 4.69) is 15.2 Å². The first-order valence-corrected chi connectivity index (χ1v) is 7.07. The second-order valence-corrected chi connectivity index (χ2v) is 5.51. The van der Waals surface area contributed by atoms with Crippen molar-refractivity contribution in [2.24, 2.45) is 0 Å². The third-order valence-electron chi connectivity index (χ3n) is 3.67. The Morgan fingerprint density at radius 2 is 2.29 bits per heavy atom. The van der Waals surface area contributed by atoms with Gasteiger partial charge in [0.15, 0.2) is 0 Å². The molecule has 2 aromatic heterocycles. The lowest BCUT2D eigenvalue weighted by atomic mass is 10.2. The molecule has 1 N–H and O–H groups in total. The Balaban J connectivity index is 1.72. The van der Waals surface area contributed by atoms with E-state index in [-0.39, 0.29) is 17.5 Å². The Bertz CT molecular complexity index is 725. The van der Waals surface area contributed by atoms with E-state index >= 15 is 0 Å². The average molecular weight is 286 g/mol. The van der Waals surface area contributed by atoms with Gasteiger partial charge in [-0.3, -0.25) is 18.9 Å². The van der Waals surface area contributed by atoms with Gasteiger partial charge in [-0.25, -0.2) is 4.98 Å². The smallest absolute Gasteiger partial charge is 0.258 e. The van der Waals surface area contributed by atoms with Crippen LogP contribution in [-0.4, -0.2) is 39.8 Å². The molecule has 1 amide bonds. The normalized spacial score (nSPS) is 18.4. The van der Waals surface area contributed by atoms with Crippen molar-refractivity contribution in [2.75, 3.05) is 13.6 Å². The molecule has 0 unspecified atom stereocenters. The number of likely N-dealkylation sites (N-methyl/N-ethyl adjacent to an activating group) is 1. The largest absolute Gasteiger partial charge is 0.352 e. The van der Waals surface area contributed by atoms with Crippen molar-refractivity contribution in [3.05, 3.63) is 46.5 Å². The first kappa shape index (κ1) is 13.8.